The number of aliphatic hydroxyl groups is 1. The van der Waals surface area contributed by atoms with Gasteiger partial charge < -0.3 is 10.4 Å². The van der Waals surface area contributed by atoms with Crippen molar-refractivity contribution in [3.63, 3.8) is 0 Å². The van der Waals surface area contributed by atoms with Crippen molar-refractivity contribution in [3.8, 4) is 0 Å². The Kier molecular flexibility index (Phi) is 5.11. The van der Waals surface area contributed by atoms with Gasteiger partial charge in [-0.25, -0.2) is 4.39 Å². The molecule has 104 valence electrons. The Morgan fingerprint density at radius 2 is 2.21 bits per heavy atom. The maximum atomic E-state index is 13.8. The normalized spacial score (nSPS) is 24.3. The largest absolute Gasteiger partial charge is 0.393 e. The lowest BCUT2D eigenvalue weighted by atomic mass is 10.0. The molecule has 0 saturated heterocycles. The molecule has 2 nitrogen and oxygen atoms in total. The number of hydrogen-bond donors (Lipinski definition) is 2. The molecule has 3 unspecified atom stereocenters. The van der Waals surface area contributed by atoms with Gasteiger partial charge in [0, 0.05) is 18.2 Å². The average Bonchev–Trinajstić information content (AvgIpc) is 2.81. The molecule has 0 bridgehead atoms. The highest BCUT2D eigenvalue weighted by atomic mass is 19.1. The fraction of sp³-hybridized carbons (Fsp3) is 0.500. The topological polar surface area (TPSA) is 32.3 Å². The van der Waals surface area contributed by atoms with Crippen LogP contribution >= 0.6 is 0 Å². The molecule has 0 aromatic heterocycles. The summed E-state index contributed by atoms with van der Waals surface area (Å²) in [7, 11) is 0. The molecule has 0 aliphatic heterocycles. The van der Waals surface area contributed by atoms with Gasteiger partial charge in [-0.15, -0.1) is 6.58 Å². The van der Waals surface area contributed by atoms with Gasteiger partial charge in [0.25, 0.3) is 0 Å². The summed E-state index contributed by atoms with van der Waals surface area (Å²) in [6, 6.07) is 6.77. The van der Waals surface area contributed by atoms with E-state index < -0.39 is 0 Å². The summed E-state index contributed by atoms with van der Waals surface area (Å²) in [5.41, 5.74) is 0.676. The maximum absolute atomic E-state index is 13.8. The molecule has 1 aromatic rings. The van der Waals surface area contributed by atoms with Crippen LogP contribution in [0.1, 0.15) is 37.3 Å². The van der Waals surface area contributed by atoms with Crippen molar-refractivity contribution in [2.45, 2.75) is 37.8 Å². The Morgan fingerprint density at radius 1 is 1.42 bits per heavy atom. The second-order valence-corrected chi connectivity index (χ2v) is 5.27. The van der Waals surface area contributed by atoms with Crippen molar-refractivity contribution in [1.82, 2.24) is 5.32 Å². The Labute approximate surface area is 114 Å². The third-order valence-corrected chi connectivity index (χ3v) is 3.93. The predicted octanol–water partition coefficient (Wildman–Crippen LogP) is 3.19. The van der Waals surface area contributed by atoms with Gasteiger partial charge in [0.1, 0.15) is 5.82 Å². The van der Waals surface area contributed by atoms with Crippen molar-refractivity contribution < 1.29 is 9.50 Å². The molecule has 0 radical (unpaired) electrons. The molecular formula is C16H22FNO. The molecule has 0 heterocycles. The van der Waals surface area contributed by atoms with Crippen LogP contribution in [0.2, 0.25) is 0 Å². The highest BCUT2D eigenvalue weighted by molar-refractivity contribution is 5.21. The first-order chi connectivity index (χ1) is 9.22. The Hall–Kier alpha value is -1.19. The second-order valence-electron chi connectivity index (χ2n) is 5.27. The summed E-state index contributed by atoms with van der Waals surface area (Å²) in [4.78, 5) is 0. The van der Waals surface area contributed by atoms with E-state index >= 15 is 0 Å². The number of nitrogens with one attached hydrogen (secondary N) is 1. The summed E-state index contributed by atoms with van der Waals surface area (Å²) in [5, 5.41) is 13.2. The standard InChI is InChI=1S/C16H22FNO/c1-2-6-15(13-8-3-4-9-14(13)17)18-11-12-7-5-10-16(12)19/h2-4,8-9,12,15-16,18-19H,1,5-7,10-11H2. The third kappa shape index (κ3) is 3.64. The van der Waals surface area contributed by atoms with Crippen molar-refractivity contribution in [2.75, 3.05) is 6.54 Å². The zero-order valence-electron chi connectivity index (χ0n) is 11.2. The highest BCUT2D eigenvalue weighted by Crippen LogP contribution is 2.26. The van der Waals surface area contributed by atoms with Crippen LogP contribution < -0.4 is 5.32 Å². The van der Waals surface area contributed by atoms with Crippen LogP contribution in [-0.2, 0) is 0 Å². The van der Waals surface area contributed by atoms with E-state index in [1.807, 2.05) is 12.1 Å². The minimum Gasteiger partial charge on any atom is -0.393 e. The first kappa shape index (κ1) is 14.2. The van der Waals surface area contributed by atoms with Gasteiger partial charge in [-0.3, -0.25) is 0 Å². The van der Waals surface area contributed by atoms with Crippen LogP contribution in [0.15, 0.2) is 36.9 Å². The van der Waals surface area contributed by atoms with Crippen molar-refractivity contribution in [2.24, 2.45) is 5.92 Å². The highest BCUT2D eigenvalue weighted by Gasteiger charge is 2.26. The van der Waals surface area contributed by atoms with Gasteiger partial charge in [0.15, 0.2) is 0 Å². The molecule has 0 amide bonds. The zero-order chi connectivity index (χ0) is 13.7. The average molecular weight is 263 g/mol. The van der Waals surface area contributed by atoms with Crippen molar-refractivity contribution >= 4 is 0 Å². The first-order valence-electron chi connectivity index (χ1n) is 6.99. The van der Waals surface area contributed by atoms with E-state index in [2.05, 4.69) is 11.9 Å². The van der Waals surface area contributed by atoms with Crippen LogP contribution in [0.4, 0.5) is 4.39 Å². The first-order valence-corrected chi connectivity index (χ1v) is 6.99. The summed E-state index contributed by atoms with van der Waals surface area (Å²) in [6.07, 6.45) is 5.29. The van der Waals surface area contributed by atoms with Crippen molar-refractivity contribution in [1.29, 1.82) is 0 Å². The fourth-order valence-electron chi connectivity index (χ4n) is 2.79. The van der Waals surface area contributed by atoms with Crippen LogP contribution in [0.5, 0.6) is 0 Å². The lowest BCUT2D eigenvalue weighted by Gasteiger charge is -2.22. The molecule has 3 atom stereocenters. The lowest BCUT2D eigenvalue weighted by Crippen LogP contribution is -2.31. The minimum absolute atomic E-state index is 0.0634. The number of aliphatic hydroxyl groups excluding tert-OH is 1. The molecule has 3 heteroatoms. The SMILES string of the molecule is C=CCC(NCC1CCCC1O)c1ccccc1F. The predicted molar refractivity (Wildman–Crippen MR) is 75.3 cm³/mol. The molecule has 1 aliphatic carbocycles. The van der Waals surface area contributed by atoms with E-state index in [1.54, 1.807) is 12.1 Å². The van der Waals surface area contributed by atoms with Crippen LogP contribution in [0, 0.1) is 11.7 Å². The van der Waals surface area contributed by atoms with Gasteiger partial charge >= 0.3 is 0 Å². The molecule has 1 fully saturated rings. The molecule has 1 aromatic carbocycles. The van der Waals surface area contributed by atoms with Gasteiger partial charge in [0.05, 0.1) is 6.10 Å². The van der Waals surface area contributed by atoms with E-state index in [9.17, 15) is 9.50 Å². The summed E-state index contributed by atoms with van der Waals surface area (Å²) >= 11 is 0. The molecule has 19 heavy (non-hydrogen) atoms. The minimum atomic E-state index is -0.211. The van der Waals surface area contributed by atoms with Crippen LogP contribution in [-0.4, -0.2) is 17.8 Å². The number of hydrogen-bond acceptors (Lipinski definition) is 2. The Morgan fingerprint density at radius 3 is 2.84 bits per heavy atom. The molecule has 1 saturated carbocycles. The quantitative estimate of drug-likeness (QED) is 0.773. The smallest absolute Gasteiger partial charge is 0.127 e. The summed E-state index contributed by atoms with van der Waals surface area (Å²) in [6.45, 7) is 4.47. The summed E-state index contributed by atoms with van der Waals surface area (Å²) < 4.78 is 13.8. The molecular weight excluding hydrogens is 241 g/mol. The molecule has 2 N–H and O–H groups in total. The van der Waals surface area contributed by atoms with Crippen LogP contribution in [0.3, 0.4) is 0 Å². The molecule has 1 aliphatic rings. The number of halogens is 1. The Balaban J connectivity index is 2.00. The maximum Gasteiger partial charge on any atom is 0.127 e. The van der Waals surface area contributed by atoms with Gasteiger partial charge in [-0.05, 0) is 31.2 Å². The van der Waals surface area contributed by atoms with Crippen LogP contribution in [0.25, 0.3) is 0 Å². The molecule has 2 rings (SSSR count). The van der Waals surface area contributed by atoms with E-state index in [0.29, 0.717) is 17.9 Å². The number of rotatable bonds is 6. The Bertz CT molecular complexity index is 421. The fourth-order valence-corrected chi connectivity index (χ4v) is 2.79. The third-order valence-electron chi connectivity index (χ3n) is 3.93. The zero-order valence-corrected chi connectivity index (χ0v) is 11.2. The van der Waals surface area contributed by atoms with E-state index in [-0.39, 0.29) is 18.0 Å². The second kappa shape index (κ2) is 6.83. The molecule has 0 spiro atoms. The monoisotopic (exact) mass is 263 g/mol. The van der Waals surface area contributed by atoms with E-state index in [1.165, 1.54) is 6.07 Å². The van der Waals surface area contributed by atoms with E-state index in [4.69, 9.17) is 0 Å². The van der Waals surface area contributed by atoms with Gasteiger partial charge in [-0.1, -0.05) is 30.7 Å². The van der Waals surface area contributed by atoms with Gasteiger partial charge in [-0.2, -0.15) is 0 Å². The number of benzene rings is 1. The van der Waals surface area contributed by atoms with Crippen molar-refractivity contribution in [3.05, 3.63) is 48.3 Å². The van der Waals surface area contributed by atoms with E-state index in [0.717, 1.165) is 25.8 Å². The summed E-state index contributed by atoms with van der Waals surface area (Å²) in [5.74, 6) is 0.105. The lowest BCUT2D eigenvalue weighted by molar-refractivity contribution is 0.130. The van der Waals surface area contributed by atoms with Gasteiger partial charge in [0.2, 0.25) is 0 Å².